The minimum absolute atomic E-state index is 0.00780. The lowest BCUT2D eigenvalue weighted by Gasteiger charge is -2.09. The van der Waals surface area contributed by atoms with Crippen molar-refractivity contribution in [2.45, 2.75) is 23.8 Å². The molecule has 0 bridgehead atoms. The first-order valence-corrected chi connectivity index (χ1v) is 7.63. The molecule has 2 amide bonds. The Labute approximate surface area is 120 Å². The van der Waals surface area contributed by atoms with Crippen molar-refractivity contribution in [1.82, 2.24) is 15.6 Å². The van der Waals surface area contributed by atoms with E-state index in [4.69, 9.17) is 11.6 Å². The fourth-order valence-corrected chi connectivity index (χ4v) is 2.73. The second kappa shape index (κ2) is 5.78. The second-order valence-corrected chi connectivity index (χ2v) is 6.30. The standard InChI is InChI=1S/C11H12ClN3O4S/c12-8-3-1-2-4-9(8)20(18,19)15-14-11(17)10(16)13-7-5-6-7/h1-4,7,15H,5-6H2,(H,13,16)(H,14,17). The quantitative estimate of drug-likeness (QED) is 0.534. The van der Waals surface area contributed by atoms with E-state index in [1.165, 1.54) is 18.2 Å². The maximum Gasteiger partial charge on any atom is 0.324 e. The number of sulfonamides is 1. The molecule has 7 nitrogen and oxygen atoms in total. The Bertz CT molecular complexity index is 643. The third-order valence-electron chi connectivity index (χ3n) is 2.54. The van der Waals surface area contributed by atoms with Crippen LogP contribution >= 0.6 is 11.6 Å². The van der Waals surface area contributed by atoms with Crippen molar-refractivity contribution < 1.29 is 18.0 Å². The van der Waals surface area contributed by atoms with Crippen LogP contribution in [-0.2, 0) is 19.6 Å². The fraction of sp³-hybridized carbons (Fsp3) is 0.273. The molecule has 0 unspecified atom stereocenters. The van der Waals surface area contributed by atoms with Gasteiger partial charge in [0.1, 0.15) is 4.90 Å². The summed E-state index contributed by atoms with van der Waals surface area (Å²) in [5, 5.41) is 2.44. The van der Waals surface area contributed by atoms with Gasteiger partial charge in [-0.15, -0.1) is 4.83 Å². The largest absolute Gasteiger partial charge is 0.345 e. The van der Waals surface area contributed by atoms with Crippen molar-refractivity contribution in [3.8, 4) is 0 Å². The first kappa shape index (κ1) is 14.8. The van der Waals surface area contributed by atoms with Gasteiger partial charge in [-0.2, -0.15) is 0 Å². The first-order valence-electron chi connectivity index (χ1n) is 5.77. The van der Waals surface area contributed by atoms with E-state index >= 15 is 0 Å². The topological polar surface area (TPSA) is 104 Å². The van der Waals surface area contributed by atoms with Crippen LogP contribution in [0.2, 0.25) is 5.02 Å². The van der Waals surface area contributed by atoms with Crippen molar-refractivity contribution in [2.75, 3.05) is 0 Å². The molecule has 1 saturated carbocycles. The first-order chi connectivity index (χ1) is 9.40. The normalized spacial score (nSPS) is 14.7. The second-order valence-electron chi connectivity index (χ2n) is 4.24. The zero-order chi connectivity index (χ0) is 14.8. The summed E-state index contributed by atoms with van der Waals surface area (Å²) >= 11 is 5.75. The van der Waals surface area contributed by atoms with Crippen LogP contribution in [0.1, 0.15) is 12.8 Å². The van der Waals surface area contributed by atoms with Crippen LogP contribution in [0.25, 0.3) is 0 Å². The molecule has 108 valence electrons. The van der Waals surface area contributed by atoms with Gasteiger partial charge in [0.05, 0.1) is 5.02 Å². The number of hydrogen-bond acceptors (Lipinski definition) is 4. The summed E-state index contributed by atoms with van der Waals surface area (Å²) in [5.41, 5.74) is 1.83. The zero-order valence-electron chi connectivity index (χ0n) is 10.2. The van der Waals surface area contributed by atoms with Gasteiger partial charge < -0.3 is 5.32 Å². The van der Waals surface area contributed by atoms with Gasteiger partial charge in [0.15, 0.2) is 0 Å². The third-order valence-corrected chi connectivity index (χ3v) is 4.29. The number of carbonyl (C=O) groups excluding carboxylic acids is 2. The van der Waals surface area contributed by atoms with Crippen molar-refractivity contribution in [3.05, 3.63) is 29.3 Å². The monoisotopic (exact) mass is 317 g/mol. The summed E-state index contributed by atoms with van der Waals surface area (Å²) in [5.74, 6) is -1.96. The molecule has 9 heteroatoms. The Morgan fingerprint density at radius 2 is 1.80 bits per heavy atom. The van der Waals surface area contributed by atoms with E-state index in [2.05, 4.69) is 5.32 Å². The van der Waals surface area contributed by atoms with Gasteiger partial charge in [0, 0.05) is 6.04 Å². The van der Waals surface area contributed by atoms with Gasteiger partial charge in [-0.05, 0) is 25.0 Å². The number of nitrogens with one attached hydrogen (secondary N) is 3. The molecule has 0 spiro atoms. The highest BCUT2D eigenvalue weighted by Gasteiger charge is 2.27. The van der Waals surface area contributed by atoms with Gasteiger partial charge in [0.2, 0.25) is 0 Å². The van der Waals surface area contributed by atoms with Gasteiger partial charge in [-0.25, -0.2) is 8.42 Å². The minimum atomic E-state index is -4.03. The van der Waals surface area contributed by atoms with E-state index in [1.807, 2.05) is 10.3 Å². The lowest BCUT2D eigenvalue weighted by Crippen LogP contribution is -2.48. The third kappa shape index (κ3) is 3.69. The van der Waals surface area contributed by atoms with Crippen LogP contribution in [0.5, 0.6) is 0 Å². The smallest absolute Gasteiger partial charge is 0.324 e. The van der Waals surface area contributed by atoms with E-state index in [0.717, 1.165) is 12.8 Å². The molecule has 0 atom stereocenters. The fourth-order valence-electron chi connectivity index (χ4n) is 1.37. The highest BCUT2D eigenvalue weighted by Crippen LogP contribution is 2.19. The number of benzene rings is 1. The lowest BCUT2D eigenvalue weighted by molar-refractivity contribution is -0.139. The molecular formula is C11H12ClN3O4S. The number of hydrazine groups is 1. The molecule has 1 aliphatic carbocycles. The Balaban J connectivity index is 1.97. The van der Waals surface area contributed by atoms with Crippen molar-refractivity contribution >= 4 is 33.4 Å². The summed E-state index contributed by atoms with van der Waals surface area (Å²) in [6.07, 6.45) is 1.65. The predicted octanol–water partition coefficient (Wildman–Crippen LogP) is -0.0719. The number of carbonyl (C=O) groups is 2. The van der Waals surface area contributed by atoms with Crippen LogP contribution in [0, 0.1) is 0 Å². The molecule has 3 N–H and O–H groups in total. The average Bonchev–Trinajstić information content (AvgIpc) is 3.20. The van der Waals surface area contributed by atoms with E-state index < -0.39 is 21.8 Å². The molecule has 0 aliphatic heterocycles. The Hall–Kier alpha value is -1.64. The summed E-state index contributed by atoms with van der Waals surface area (Å²) in [6, 6.07) is 5.75. The van der Waals surface area contributed by atoms with Crippen LogP contribution in [0.3, 0.4) is 0 Å². The SMILES string of the molecule is O=C(NNS(=O)(=O)c1ccccc1Cl)C(=O)NC1CC1. The van der Waals surface area contributed by atoms with Gasteiger partial charge in [-0.3, -0.25) is 15.0 Å². The lowest BCUT2D eigenvalue weighted by atomic mass is 10.4. The van der Waals surface area contributed by atoms with Crippen molar-refractivity contribution in [2.24, 2.45) is 0 Å². The van der Waals surface area contributed by atoms with Crippen LogP contribution in [0.15, 0.2) is 29.2 Å². The number of hydrogen-bond donors (Lipinski definition) is 3. The van der Waals surface area contributed by atoms with E-state index in [-0.39, 0.29) is 16.0 Å². The molecule has 0 heterocycles. The van der Waals surface area contributed by atoms with E-state index in [9.17, 15) is 18.0 Å². The molecule has 0 radical (unpaired) electrons. The molecule has 1 aromatic rings. The van der Waals surface area contributed by atoms with Crippen molar-refractivity contribution in [1.29, 1.82) is 0 Å². The summed E-state index contributed by atoms with van der Waals surface area (Å²) in [7, 11) is -4.03. The summed E-state index contributed by atoms with van der Waals surface area (Å²) in [6.45, 7) is 0. The molecular weight excluding hydrogens is 306 g/mol. The molecule has 1 fully saturated rings. The summed E-state index contributed by atoms with van der Waals surface area (Å²) < 4.78 is 23.7. The summed E-state index contributed by atoms with van der Waals surface area (Å²) in [4.78, 5) is 24.3. The molecule has 1 aromatic carbocycles. The van der Waals surface area contributed by atoms with E-state index in [0.29, 0.717) is 0 Å². The molecule has 2 rings (SSSR count). The Morgan fingerprint density at radius 3 is 2.40 bits per heavy atom. The highest BCUT2D eigenvalue weighted by atomic mass is 35.5. The Morgan fingerprint density at radius 1 is 1.15 bits per heavy atom. The van der Waals surface area contributed by atoms with Crippen molar-refractivity contribution in [3.63, 3.8) is 0 Å². The predicted molar refractivity (Wildman–Crippen MR) is 71.1 cm³/mol. The number of amides is 2. The van der Waals surface area contributed by atoms with Crippen LogP contribution in [0.4, 0.5) is 0 Å². The molecule has 0 aromatic heterocycles. The molecule has 0 saturated heterocycles. The van der Waals surface area contributed by atoms with Crippen LogP contribution in [-0.4, -0.2) is 26.3 Å². The number of halogens is 1. The molecule has 1 aliphatic rings. The molecule has 20 heavy (non-hydrogen) atoms. The Kier molecular flexibility index (Phi) is 4.26. The maximum atomic E-state index is 11.9. The van der Waals surface area contributed by atoms with E-state index in [1.54, 1.807) is 6.07 Å². The number of rotatable bonds is 4. The highest BCUT2D eigenvalue weighted by molar-refractivity contribution is 7.89. The average molecular weight is 318 g/mol. The van der Waals surface area contributed by atoms with Gasteiger partial charge in [0.25, 0.3) is 10.0 Å². The zero-order valence-corrected chi connectivity index (χ0v) is 11.8. The van der Waals surface area contributed by atoms with Gasteiger partial charge >= 0.3 is 11.8 Å². The van der Waals surface area contributed by atoms with Gasteiger partial charge in [-0.1, -0.05) is 23.7 Å². The maximum absolute atomic E-state index is 11.9. The van der Waals surface area contributed by atoms with Crippen LogP contribution < -0.4 is 15.6 Å². The minimum Gasteiger partial charge on any atom is -0.345 e.